The van der Waals surface area contributed by atoms with Crippen molar-refractivity contribution in [2.45, 2.75) is 12.7 Å². The van der Waals surface area contributed by atoms with Gasteiger partial charge in [0.1, 0.15) is 0 Å². The second-order valence-corrected chi connectivity index (χ2v) is 3.90. The molecule has 0 aliphatic carbocycles. The van der Waals surface area contributed by atoms with Crippen molar-refractivity contribution in [2.75, 3.05) is 7.05 Å². The van der Waals surface area contributed by atoms with Crippen molar-refractivity contribution in [2.24, 2.45) is 0 Å². The van der Waals surface area contributed by atoms with E-state index in [-0.39, 0.29) is 0 Å². The van der Waals surface area contributed by atoms with Gasteiger partial charge in [-0.3, -0.25) is 0 Å². The fraction of sp³-hybridized carbons (Fsp3) is 0.429. The van der Waals surface area contributed by atoms with Gasteiger partial charge in [0.05, 0.1) is 5.78 Å². The van der Waals surface area contributed by atoms with E-state index in [1.807, 2.05) is 0 Å². The largest absolute Gasteiger partial charge is 0.368 e. The van der Waals surface area contributed by atoms with Gasteiger partial charge in [0.2, 0.25) is 0 Å². The Hall–Kier alpha value is 0.140. The third-order valence-electron chi connectivity index (χ3n) is 1.74. The Kier molecular flexibility index (Phi) is 2.50. The van der Waals surface area contributed by atoms with Crippen LogP contribution in [0, 0.1) is 0 Å². The Labute approximate surface area is 67.0 Å². The third-order valence-corrected chi connectivity index (χ3v) is 2.74. The van der Waals surface area contributed by atoms with Crippen LogP contribution in [0.15, 0.2) is 23.2 Å². The average Bonchev–Trinajstić information content (AvgIpc) is 1.82. The highest BCUT2D eigenvalue weighted by Gasteiger charge is 2.10. The maximum Gasteiger partial charge on any atom is 0.0614 e. The smallest absolute Gasteiger partial charge is 0.0614 e. The van der Waals surface area contributed by atoms with Crippen LogP contribution in [0.5, 0.6) is 0 Å². The summed E-state index contributed by atoms with van der Waals surface area (Å²) in [7, 11) is 7.60. The Balaban J connectivity index is 2.85. The van der Waals surface area contributed by atoms with E-state index in [4.69, 9.17) is 0 Å². The van der Waals surface area contributed by atoms with Crippen molar-refractivity contribution in [3.05, 3.63) is 23.2 Å². The minimum atomic E-state index is 0.456. The summed E-state index contributed by atoms with van der Waals surface area (Å²) < 4.78 is 0. The molecule has 3 heteroatoms. The molecular formula is C7H13NP2. The second-order valence-electron chi connectivity index (χ2n) is 2.55. The molecule has 0 aromatic rings. The lowest BCUT2D eigenvalue weighted by Crippen LogP contribution is -2.25. The van der Waals surface area contributed by atoms with Crippen LogP contribution in [0.1, 0.15) is 6.92 Å². The maximum atomic E-state index is 2.79. The van der Waals surface area contributed by atoms with Gasteiger partial charge in [0.15, 0.2) is 0 Å². The first-order valence-electron chi connectivity index (χ1n) is 3.25. The first-order valence-corrected chi connectivity index (χ1v) is 4.49. The van der Waals surface area contributed by atoms with Crippen LogP contribution in [-0.4, -0.2) is 17.7 Å². The zero-order chi connectivity index (χ0) is 7.72. The van der Waals surface area contributed by atoms with E-state index in [1.54, 1.807) is 0 Å². The Bertz CT molecular complexity index is 196. The first kappa shape index (κ1) is 8.24. The van der Waals surface area contributed by atoms with E-state index < -0.39 is 0 Å². The summed E-state index contributed by atoms with van der Waals surface area (Å²) in [5.74, 6) is 0.456. The number of rotatable bonds is 0. The molecule has 0 fully saturated rings. The van der Waals surface area contributed by atoms with Gasteiger partial charge in [0, 0.05) is 12.7 Å². The molecule has 0 radical (unpaired) electrons. The Morgan fingerprint density at radius 1 is 1.60 bits per heavy atom. The maximum absolute atomic E-state index is 2.79. The fourth-order valence-electron chi connectivity index (χ4n) is 0.935. The van der Waals surface area contributed by atoms with E-state index in [0.717, 1.165) is 0 Å². The molecule has 0 N–H and O–H groups in total. The molecule has 1 aliphatic rings. The predicted octanol–water partition coefficient (Wildman–Crippen LogP) is 1.80. The predicted molar refractivity (Wildman–Crippen MR) is 52.8 cm³/mol. The van der Waals surface area contributed by atoms with Gasteiger partial charge in [-0.05, 0) is 18.3 Å². The number of nitrogens with zero attached hydrogens (tertiary/aromatic N) is 1. The van der Waals surface area contributed by atoms with Crippen molar-refractivity contribution < 1.29 is 0 Å². The van der Waals surface area contributed by atoms with Crippen LogP contribution < -0.4 is 0 Å². The third kappa shape index (κ3) is 1.59. The summed E-state index contributed by atoms with van der Waals surface area (Å²) in [6, 6.07) is 0. The molecule has 0 aromatic carbocycles. The van der Waals surface area contributed by atoms with Crippen LogP contribution in [0.4, 0.5) is 0 Å². The standard InChI is InChI=1S/C7H13NP2/c1-5-3-6(9)4-7(10)8(5)2/h3-4,7H,9-10H2,1-2H3. The number of likely N-dealkylation sites (N-methyl/N-ethyl adjacent to an activating group) is 1. The Morgan fingerprint density at radius 3 is 2.70 bits per heavy atom. The van der Waals surface area contributed by atoms with Gasteiger partial charge in [-0.25, -0.2) is 0 Å². The summed E-state index contributed by atoms with van der Waals surface area (Å²) in [5, 5.41) is 1.27. The van der Waals surface area contributed by atoms with Crippen molar-refractivity contribution in [1.29, 1.82) is 0 Å². The molecule has 1 heterocycles. The number of allylic oxidation sites excluding steroid dienone is 3. The highest BCUT2D eigenvalue weighted by atomic mass is 31.0. The van der Waals surface area contributed by atoms with Gasteiger partial charge in [-0.1, -0.05) is 6.08 Å². The zero-order valence-corrected chi connectivity index (χ0v) is 8.64. The molecule has 0 aromatic heterocycles. The summed E-state index contributed by atoms with van der Waals surface area (Å²) >= 11 is 0. The van der Waals surface area contributed by atoms with Crippen molar-refractivity contribution >= 4 is 18.5 Å². The van der Waals surface area contributed by atoms with Crippen LogP contribution in [-0.2, 0) is 0 Å². The lowest BCUT2D eigenvalue weighted by molar-refractivity contribution is 0.431. The van der Waals surface area contributed by atoms with Gasteiger partial charge in [0.25, 0.3) is 0 Å². The normalized spacial score (nSPS) is 26.0. The van der Waals surface area contributed by atoms with E-state index in [0.29, 0.717) is 5.78 Å². The molecule has 0 bridgehead atoms. The van der Waals surface area contributed by atoms with Gasteiger partial charge >= 0.3 is 0 Å². The van der Waals surface area contributed by atoms with E-state index in [9.17, 15) is 0 Å². The summed E-state index contributed by atoms with van der Waals surface area (Å²) in [4.78, 5) is 2.22. The molecule has 1 rings (SSSR count). The molecule has 0 saturated heterocycles. The van der Waals surface area contributed by atoms with Crippen molar-refractivity contribution in [1.82, 2.24) is 4.90 Å². The van der Waals surface area contributed by atoms with E-state index in [1.165, 1.54) is 11.0 Å². The quantitative estimate of drug-likeness (QED) is 0.505. The van der Waals surface area contributed by atoms with Gasteiger partial charge in [-0.15, -0.1) is 18.5 Å². The molecule has 0 spiro atoms. The lowest BCUT2D eigenvalue weighted by atomic mass is 10.3. The molecule has 0 saturated carbocycles. The fourth-order valence-corrected chi connectivity index (χ4v) is 2.05. The molecular weight excluding hydrogens is 160 g/mol. The SMILES string of the molecule is CC1=CC(P)=CC(P)N1C. The average molecular weight is 173 g/mol. The number of hydrogen-bond donors (Lipinski definition) is 0. The van der Waals surface area contributed by atoms with E-state index in [2.05, 4.69) is 49.5 Å². The number of hydrogen-bond acceptors (Lipinski definition) is 1. The molecule has 1 aliphatic heterocycles. The molecule has 3 atom stereocenters. The Morgan fingerprint density at radius 2 is 2.20 bits per heavy atom. The summed E-state index contributed by atoms with van der Waals surface area (Å²) in [5.41, 5.74) is 1.31. The molecule has 56 valence electrons. The highest BCUT2D eigenvalue weighted by molar-refractivity contribution is 7.23. The molecule has 10 heavy (non-hydrogen) atoms. The van der Waals surface area contributed by atoms with Gasteiger partial charge < -0.3 is 4.90 Å². The van der Waals surface area contributed by atoms with Gasteiger partial charge in [-0.2, -0.15) is 0 Å². The summed E-state index contributed by atoms with van der Waals surface area (Å²) in [6.07, 6.45) is 4.35. The first-order chi connectivity index (χ1) is 4.61. The van der Waals surface area contributed by atoms with Crippen LogP contribution in [0.3, 0.4) is 0 Å². The van der Waals surface area contributed by atoms with E-state index >= 15 is 0 Å². The van der Waals surface area contributed by atoms with Crippen LogP contribution in [0.2, 0.25) is 0 Å². The zero-order valence-electron chi connectivity index (χ0n) is 6.33. The van der Waals surface area contributed by atoms with Crippen molar-refractivity contribution in [3.8, 4) is 0 Å². The van der Waals surface area contributed by atoms with Crippen molar-refractivity contribution in [3.63, 3.8) is 0 Å². The topological polar surface area (TPSA) is 3.24 Å². The second kappa shape index (κ2) is 3.03. The molecule has 1 nitrogen and oxygen atoms in total. The monoisotopic (exact) mass is 173 g/mol. The summed E-state index contributed by atoms with van der Waals surface area (Å²) in [6.45, 7) is 2.12. The van der Waals surface area contributed by atoms with Crippen LogP contribution >= 0.6 is 18.5 Å². The van der Waals surface area contributed by atoms with Crippen LogP contribution in [0.25, 0.3) is 0 Å². The highest BCUT2D eigenvalue weighted by Crippen LogP contribution is 2.24. The molecule has 3 unspecified atom stereocenters. The molecule has 0 amide bonds. The minimum absolute atomic E-state index is 0.456. The lowest BCUT2D eigenvalue weighted by Gasteiger charge is -2.28. The minimum Gasteiger partial charge on any atom is -0.368 e.